The summed E-state index contributed by atoms with van der Waals surface area (Å²) < 4.78 is 0. The minimum atomic E-state index is 0.346. The first-order valence-corrected chi connectivity index (χ1v) is 4.48. The lowest BCUT2D eigenvalue weighted by atomic mass is 10.1. The molecule has 0 amide bonds. The lowest BCUT2D eigenvalue weighted by molar-refractivity contribution is 0.274. The summed E-state index contributed by atoms with van der Waals surface area (Å²) in [6, 6.07) is 8.59. The first-order chi connectivity index (χ1) is 5.81. The average Bonchev–Trinajstić information content (AvgIpc) is 2.83. The van der Waals surface area contributed by atoms with Gasteiger partial charge in [0.2, 0.25) is 0 Å². The van der Waals surface area contributed by atoms with Crippen molar-refractivity contribution in [1.82, 2.24) is 0 Å². The Balaban J connectivity index is 2.14. The van der Waals surface area contributed by atoms with Gasteiger partial charge in [-0.1, -0.05) is 29.8 Å². The summed E-state index contributed by atoms with van der Waals surface area (Å²) in [6.07, 6.45) is 1.17. The summed E-state index contributed by atoms with van der Waals surface area (Å²) in [5.41, 5.74) is 2.71. The Labute approximate surface area is 73.0 Å². The SMILES string of the molecule is Cc1cccc(C2C[C@@H]2CO)c1. The largest absolute Gasteiger partial charge is 0.396 e. The number of aryl methyl sites for hydroxylation is 1. The van der Waals surface area contributed by atoms with Gasteiger partial charge in [-0.2, -0.15) is 0 Å². The normalized spacial score (nSPS) is 27.2. The van der Waals surface area contributed by atoms with Gasteiger partial charge in [0, 0.05) is 6.61 Å². The van der Waals surface area contributed by atoms with Crippen LogP contribution in [0, 0.1) is 12.8 Å². The maximum atomic E-state index is 8.91. The summed E-state index contributed by atoms with van der Waals surface area (Å²) >= 11 is 0. The third-order valence-electron chi connectivity index (χ3n) is 2.63. The molecule has 1 saturated carbocycles. The predicted octanol–water partition coefficient (Wildman–Crippen LogP) is 2.09. The van der Waals surface area contributed by atoms with Gasteiger partial charge in [0.25, 0.3) is 0 Å². The smallest absolute Gasteiger partial charge is 0.0465 e. The fourth-order valence-corrected chi connectivity index (χ4v) is 1.76. The standard InChI is InChI=1S/C11H14O/c1-8-3-2-4-9(5-8)11-6-10(11)7-12/h2-5,10-12H,6-7H2,1H3/t10-,11?/m1/s1. The topological polar surface area (TPSA) is 20.2 Å². The molecule has 0 saturated heterocycles. The van der Waals surface area contributed by atoms with Gasteiger partial charge in [0.1, 0.15) is 0 Å². The van der Waals surface area contributed by atoms with Crippen LogP contribution in [0.15, 0.2) is 24.3 Å². The summed E-state index contributed by atoms with van der Waals surface area (Å²) in [5, 5.41) is 8.91. The van der Waals surface area contributed by atoms with Gasteiger partial charge in [0.05, 0.1) is 0 Å². The van der Waals surface area contributed by atoms with Crippen molar-refractivity contribution >= 4 is 0 Å². The van der Waals surface area contributed by atoms with E-state index in [4.69, 9.17) is 5.11 Å². The highest BCUT2D eigenvalue weighted by atomic mass is 16.3. The number of benzene rings is 1. The minimum Gasteiger partial charge on any atom is -0.396 e. The van der Waals surface area contributed by atoms with E-state index in [-0.39, 0.29) is 0 Å². The van der Waals surface area contributed by atoms with Crippen molar-refractivity contribution in [2.75, 3.05) is 6.61 Å². The van der Waals surface area contributed by atoms with Crippen LogP contribution < -0.4 is 0 Å². The van der Waals surface area contributed by atoms with Gasteiger partial charge in [-0.15, -0.1) is 0 Å². The van der Waals surface area contributed by atoms with Crippen LogP contribution in [0.4, 0.5) is 0 Å². The Morgan fingerprint density at radius 1 is 1.50 bits per heavy atom. The third-order valence-corrected chi connectivity index (χ3v) is 2.63. The molecule has 0 aromatic heterocycles. The molecule has 0 spiro atoms. The molecule has 2 atom stereocenters. The van der Waals surface area contributed by atoms with Crippen molar-refractivity contribution in [3.8, 4) is 0 Å². The highest BCUT2D eigenvalue weighted by Gasteiger charge is 2.37. The van der Waals surface area contributed by atoms with Crippen molar-refractivity contribution in [3.63, 3.8) is 0 Å². The first-order valence-electron chi connectivity index (χ1n) is 4.48. The van der Waals surface area contributed by atoms with E-state index in [0.29, 0.717) is 18.4 Å². The average molecular weight is 162 g/mol. The molecule has 1 nitrogen and oxygen atoms in total. The zero-order chi connectivity index (χ0) is 8.55. The van der Waals surface area contributed by atoms with E-state index < -0.39 is 0 Å². The van der Waals surface area contributed by atoms with E-state index >= 15 is 0 Å². The molecule has 0 bridgehead atoms. The molecule has 1 aromatic rings. The summed E-state index contributed by atoms with van der Waals surface area (Å²) in [5.74, 6) is 1.17. The molecule has 1 heteroatoms. The zero-order valence-corrected chi connectivity index (χ0v) is 7.33. The molecule has 1 fully saturated rings. The van der Waals surface area contributed by atoms with E-state index in [1.54, 1.807) is 0 Å². The Morgan fingerprint density at radius 2 is 2.33 bits per heavy atom. The molecule has 64 valence electrons. The van der Waals surface area contributed by atoms with E-state index in [9.17, 15) is 0 Å². The van der Waals surface area contributed by atoms with Crippen molar-refractivity contribution in [2.24, 2.45) is 5.92 Å². The van der Waals surface area contributed by atoms with Gasteiger partial charge in [-0.3, -0.25) is 0 Å². The van der Waals surface area contributed by atoms with E-state index in [2.05, 4.69) is 31.2 Å². The van der Waals surface area contributed by atoms with E-state index in [0.717, 1.165) is 0 Å². The maximum Gasteiger partial charge on any atom is 0.0465 e. The monoisotopic (exact) mass is 162 g/mol. The fourth-order valence-electron chi connectivity index (χ4n) is 1.76. The number of rotatable bonds is 2. The summed E-state index contributed by atoms with van der Waals surface area (Å²) in [6.45, 7) is 2.46. The summed E-state index contributed by atoms with van der Waals surface area (Å²) in [7, 11) is 0. The number of hydrogen-bond donors (Lipinski definition) is 1. The first kappa shape index (κ1) is 7.81. The molecule has 0 aliphatic heterocycles. The molecule has 1 N–H and O–H groups in total. The fraction of sp³-hybridized carbons (Fsp3) is 0.455. The zero-order valence-electron chi connectivity index (χ0n) is 7.33. The van der Waals surface area contributed by atoms with Crippen molar-refractivity contribution < 1.29 is 5.11 Å². The van der Waals surface area contributed by atoms with Crippen LogP contribution in [0.1, 0.15) is 23.5 Å². The molecule has 1 aliphatic carbocycles. The Kier molecular flexibility index (Phi) is 1.89. The molecular formula is C11H14O. The van der Waals surface area contributed by atoms with Gasteiger partial charge in [-0.05, 0) is 30.7 Å². The minimum absolute atomic E-state index is 0.346. The molecule has 0 radical (unpaired) electrons. The number of aliphatic hydroxyl groups is 1. The van der Waals surface area contributed by atoms with Gasteiger partial charge in [-0.25, -0.2) is 0 Å². The molecule has 1 unspecified atom stereocenters. The lowest BCUT2D eigenvalue weighted by Crippen LogP contribution is -1.88. The molecule has 0 heterocycles. The second-order valence-electron chi connectivity index (χ2n) is 3.70. The number of aliphatic hydroxyl groups excluding tert-OH is 1. The quantitative estimate of drug-likeness (QED) is 0.706. The second-order valence-corrected chi connectivity index (χ2v) is 3.70. The van der Waals surface area contributed by atoms with Crippen LogP contribution in [-0.4, -0.2) is 11.7 Å². The van der Waals surface area contributed by atoms with E-state index in [1.807, 2.05) is 0 Å². The van der Waals surface area contributed by atoms with Gasteiger partial charge in [0.15, 0.2) is 0 Å². The van der Waals surface area contributed by atoms with Crippen LogP contribution >= 0.6 is 0 Å². The van der Waals surface area contributed by atoms with Crippen LogP contribution in [0.2, 0.25) is 0 Å². The lowest BCUT2D eigenvalue weighted by Gasteiger charge is -1.99. The summed E-state index contributed by atoms with van der Waals surface area (Å²) in [4.78, 5) is 0. The highest BCUT2D eigenvalue weighted by molar-refractivity contribution is 5.29. The molecule has 12 heavy (non-hydrogen) atoms. The van der Waals surface area contributed by atoms with Gasteiger partial charge < -0.3 is 5.11 Å². The molecule has 1 aliphatic rings. The van der Waals surface area contributed by atoms with Crippen LogP contribution in [0.3, 0.4) is 0 Å². The van der Waals surface area contributed by atoms with E-state index in [1.165, 1.54) is 17.5 Å². The maximum absolute atomic E-state index is 8.91. The Morgan fingerprint density at radius 3 is 2.92 bits per heavy atom. The Hall–Kier alpha value is -0.820. The predicted molar refractivity (Wildman–Crippen MR) is 49.1 cm³/mol. The van der Waals surface area contributed by atoms with Crippen LogP contribution in [0.5, 0.6) is 0 Å². The second kappa shape index (κ2) is 2.91. The van der Waals surface area contributed by atoms with Crippen LogP contribution in [-0.2, 0) is 0 Å². The van der Waals surface area contributed by atoms with Crippen molar-refractivity contribution in [1.29, 1.82) is 0 Å². The highest BCUT2D eigenvalue weighted by Crippen LogP contribution is 2.46. The van der Waals surface area contributed by atoms with Gasteiger partial charge >= 0.3 is 0 Å². The van der Waals surface area contributed by atoms with Crippen molar-refractivity contribution in [2.45, 2.75) is 19.3 Å². The third kappa shape index (κ3) is 1.37. The molecular weight excluding hydrogens is 148 g/mol. The molecule has 1 aromatic carbocycles. The van der Waals surface area contributed by atoms with Crippen molar-refractivity contribution in [3.05, 3.63) is 35.4 Å². The Bertz CT molecular complexity index is 280. The molecule has 2 rings (SSSR count). The number of hydrogen-bond acceptors (Lipinski definition) is 1. The van der Waals surface area contributed by atoms with Crippen LogP contribution in [0.25, 0.3) is 0 Å².